The molecule has 4 N–H and O–H groups in total. The Morgan fingerprint density at radius 3 is 2.26 bits per heavy atom. The van der Waals surface area contributed by atoms with Crippen molar-refractivity contribution in [2.75, 3.05) is 11.5 Å². The summed E-state index contributed by atoms with van der Waals surface area (Å²) in [6.45, 7) is 6.55. The van der Waals surface area contributed by atoms with Crippen molar-refractivity contribution < 1.29 is 0 Å². The molecule has 0 unspecified atom stereocenters. The number of anilines is 2. The zero-order chi connectivity index (χ0) is 13.8. The zero-order valence-electron chi connectivity index (χ0n) is 11.6. The fourth-order valence-electron chi connectivity index (χ4n) is 2.80. The lowest BCUT2D eigenvalue weighted by atomic mass is 10.1. The van der Waals surface area contributed by atoms with Gasteiger partial charge in [-0.15, -0.1) is 0 Å². The second kappa shape index (κ2) is 3.67. The van der Waals surface area contributed by atoms with Crippen LogP contribution in [0.1, 0.15) is 20.8 Å². The van der Waals surface area contributed by atoms with Crippen molar-refractivity contribution >= 4 is 33.2 Å². The maximum absolute atomic E-state index is 6.23. The number of fused-ring (bicyclic) bond motifs is 3. The molecule has 3 aromatic rings. The van der Waals surface area contributed by atoms with Crippen LogP contribution in [0.3, 0.4) is 0 Å². The van der Waals surface area contributed by atoms with Gasteiger partial charge in [0.25, 0.3) is 0 Å². The van der Waals surface area contributed by atoms with Crippen molar-refractivity contribution in [3.05, 3.63) is 36.4 Å². The summed E-state index contributed by atoms with van der Waals surface area (Å²) in [7, 11) is 0. The first kappa shape index (κ1) is 11.9. The molecule has 2 aromatic carbocycles. The largest absolute Gasteiger partial charge is 0.397 e. The Balaban J connectivity index is 2.65. The van der Waals surface area contributed by atoms with Crippen LogP contribution in [0.2, 0.25) is 0 Å². The summed E-state index contributed by atoms with van der Waals surface area (Å²) in [4.78, 5) is 0. The van der Waals surface area contributed by atoms with E-state index in [2.05, 4.69) is 55.7 Å². The van der Waals surface area contributed by atoms with Gasteiger partial charge in [-0.3, -0.25) is 0 Å². The van der Waals surface area contributed by atoms with Crippen LogP contribution in [0.4, 0.5) is 11.4 Å². The number of nitrogens with two attached hydrogens (primary N) is 2. The number of nitrogen functional groups attached to an aromatic ring is 2. The highest BCUT2D eigenvalue weighted by Crippen LogP contribution is 2.38. The Morgan fingerprint density at radius 2 is 1.58 bits per heavy atom. The molecule has 0 spiro atoms. The highest BCUT2D eigenvalue weighted by atomic mass is 15.1. The van der Waals surface area contributed by atoms with E-state index in [0.29, 0.717) is 11.4 Å². The van der Waals surface area contributed by atoms with Crippen molar-refractivity contribution in [1.29, 1.82) is 0 Å². The third kappa shape index (κ3) is 1.58. The zero-order valence-corrected chi connectivity index (χ0v) is 11.6. The highest BCUT2D eigenvalue weighted by molar-refractivity contribution is 6.13. The SMILES string of the molecule is CC(C)(C)n1c2ccccc2c2ccc(N)c(N)c21. The predicted molar refractivity (Wildman–Crippen MR) is 83.3 cm³/mol. The van der Waals surface area contributed by atoms with E-state index in [1.807, 2.05) is 6.07 Å². The topological polar surface area (TPSA) is 57.0 Å². The molecular formula is C16H19N3. The number of aromatic nitrogens is 1. The van der Waals surface area contributed by atoms with Crippen molar-refractivity contribution in [3.63, 3.8) is 0 Å². The van der Waals surface area contributed by atoms with Crippen LogP contribution in [-0.4, -0.2) is 4.57 Å². The summed E-state index contributed by atoms with van der Waals surface area (Å²) in [5.74, 6) is 0. The third-order valence-corrected chi connectivity index (χ3v) is 3.58. The first-order valence-electron chi connectivity index (χ1n) is 6.49. The molecule has 0 saturated carbocycles. The lowest BCUT2D eigenvalue weighted by Crippen LogP contribution is -2.21. The third-order valence-electron chi connectivity index (χ3n) is 3.58. The van der Waals surface area contributed by atoms with Gasteiger partial charge in [0.1, 0.15) is 0 Å². The smallest absolute Gasteiger partial charge is 0.0795 e. The summed E-state index contributed by atoms with van der Waals surface area (Å²) in [6, 6.07) is 12.3. The predicted octanol–water partition coefficient (Wildman–Crippen LogP) is 3.71. The number of hydrogen-bond donors (Lipinski definition) is 2. The van der Waals surface area contributed by atoms with E-state index in [9.17, 15) is 0 Å². The molecule has 3 heteroatoms. The fraction of sp³-hybridized carbons (Fsp3) is 0.250. The minimum Gasteiger partial charge on any atom is -0.397 e. The summed E-state index contributed by atoms with van der Waals surface area (Å²) in [5.41, 5.74) is 15.7. The normalized spacial score (nSPS) is 12.4. The van der Waals surface area contributed by atoms with Crippen LogP contribution in [0.15, 0.2) is 36.4 Å². The van der Waals surface area contributed by atoms with E-state index in [1.54, 1.807) is 0 Å². The average Bonchev–Trinajstić information content (AvgIpc) is 2.69. The standard InChI is InChI=1S/C16H19N3/c1-16(2,3)19-13-7-5-4-6-10(13)11-8-9-12(17)14(18)15(11)19/h4-9H,17-18H2,1-3H3. The molecule has 3 nitrogen and oxygen atoms in total. The van der Waals surface area contributed by atoms with Crippen LogP contribution in [-0.2, 0) is 5.54 Å². The Labute approximate surface area is 112 Å². The van der Waals surface area contributed by atoms with E-state index in [4.69, 9.17) is 11.5 Å². The molecule has 3 rings (SSSR count). The van der Waals surface area contributed by atoms with E-state index in [-0.39, 0.29) is 5.54 Å². The van der Waals surface area contributed by atoms with Gasteiger partial charge in [0, 0.05) is 21.8 Å². The van der Waals surface area contributed by atoms with Gasteiger partial charge in [-0.1, -0.05) is 24.3 Å². The van der Waals surface area contributed by atoms with Crippen molar-refractivity contribution in [2.24, 2.45) is 0 Å². The summed E-state index contributed by atoms with van der Waals surface area (Å²) in [5, 5.41) is 2.39. The molecule has 0 aliphatic heterocycles. The van der Waals surface area contributed by atoms with Gasteiger partial charge in [0.2, 0.25) is 0 Å². The van der Waals surface area contributed by atoms with Crippen LogP contribution >= 0.6 is 0 Å². The fourth-order valence-corrected chi connectivity index (χ4v) is 2.80. The second-order valence-electron chi connectivity index (χ2n) is 5.99. The minimum atomic E-state index is -0.0523. The van der Waals surface area contributed by atoms with Gasteiger partial charge in [0.15, 0.2) is 0 Å². The number of para-hydroxylation sites is 1. The van der Waals surface area contributed by atoms with Gasteiger partial charge < -0.3 is 16.0 Å². The van der Waals surface area contributed by atoms with Crippen LogP contribution in [0, 0.1) is 0 Å². The molecule has 0 saturated heterocycles. The van der Waals surface area contributed by atoms with E-state index >= 15 is 0 Å². The number of hydrogen-bond acceptors (Lipinski definition) is 2. The quantitative estimate of drug-likeness (QED) is 0.600. The summed E-state index contributed by atoms with van der Waals surface area (Å²) < 4.78 is 2.28. The maximum atomic E-state index is 6.23. The molecule has 1 heterocycles. The van der Waals surface area contributed by atoms with Crippen molar-refractivity contribution in [3.8, 4) is 0 Å². The van der Waals surface area contributed by atoms with Crippen LogP contribution in [0.5, 0.6) is 0 Å². The molecule has 0 fully saturated rings. The second-order valence-corrected chi connectivity index (χ2v) is 5.99. The molecular weight excluding hydrogens is 234 g/mol. The van der Waals surface area contributed by atoms with Crippen LogP contribution < -0.4 is 11.5 Å². The number of nitrogens with zero attached hydrogens (tertiary/aromatic N) is 1. The summed E-state index contributed by atoms with van der Waals surface area (Å²) >= 11 is 0. The van der Waals surface area contributed by atoms with Crippen molar-refractivity contribution in [1.82, 2.24) is 4.57 Å². The molecule has 19 heavy (non-hydrogen) atoms. The van der Waals surface area contributed by atoms with Gasteiger partial charge in [-0.05, 0) is 32.9 Å². The first-order chi connectivity index (χ1) is 8.91. The molecule has 98 valence electrons. The minimum absolute atomic E-state index is 0.0523. The Morgan fingerprint density at radius 1 is 0.895 bits per heavy atom. The maximum Gasteiger partial charge on any atom is 0.0795 e. The molecule has 0 bridgehead atoms. The Bertz CT molecular complexity index is 776. The molecule has 0 aliphatic rings. The van der Waals surface area contributed by atoms with Gasteiger partial charge in [0.05, 0.1) is 16.9 Å². The molecule has 0 aliphatic carbocycles. The molecule has 1 aromatic heterocycles. The number of benzene rings is 2. The van der Waals surface area contributed by atoms with E-state index < -0.39 is 0 Å². The van der Waals surface area contributed by atoms with Crippen LogP contribution in [0.25, 0.3) is 21.8 Å². The lowest BCUT2D eigenvalue weighted by Gasteiger charge is -2.25. The van der Waals surface area contributed by atoms with Gasteiger partial charge in [-0.25, -0.2) is 0 Å². The van der Waals surface area contributed by atoms with Gasteiger partial charge >= 0.3 is 0 Å². The lowest BCUT2D eigenvalue weighted by molar-refractivity contribution is 0.423. The molecule has 0 amide bonds. The molecule has 0 atom stereocenters. The first-order valence-corrected chi connectivity index (χ1v) is 6.49. The number of rotatable bonds is 0. The van der Waals surface area contributed by atoms with E-state index in [1.165, 1.54) is 10.9 Å². The highest BCUT2D eigenvalue weighted by Gasteiger charge is 2.22. The average molecular weight is 253 g/mol. The Hall–Kier alpha value is -2.16. The summed E-state index contributed by atoms with van der Waals surface area (Å²) in [6.07, 6.45) is 0. The monoisotopic (exact) mass is 253 g/mol. The van der Waals surface area contributed by atoms with Gasteiger partial charge in [-0.2, -0.15) is 0 Å². The van der Waals surface area contributed by atoms with E-state index in [0.717, 1.165) is 10.9 Å². The molecule has 0 radical (unpaired) electrons. The Kier molecular flexibility index (Phi) is 2.30. The van der Waals surface area contributed by atoms with Crippen molar-refractivity contribution in [2.45, 2.75) is 26.3 Å².